The Hall–Kier alpha value is -2.48. The van der Waals surface area contributed by atoms with Crippen molar-refractivity contribution < 1.29 is 22.0 Å². The van der Waals surface area contributed by atoms with Crippen LogP contribution in [0.2, 0.25) is 0 Å². The predicted molar refractivity (Wildman–Crippen MR) is 110 cm³/mol. The third kappa shape index (κ3) is 6.52. The van der Waals surface area contributed by atoms with Crippen molar-refractivity contribution in [3.05, 3.63) is 65.2 Å². The molecule has 2 aromatic rings. The van der Waals surface area contributed by atoms with Crippen molar-refractivity contribution in [2.45, 2.75) is 39.2 Å². The highest BCUT2D eigenvalue weighted by molar-refractivity contribution is 7.92. The number of nitrogens with zero attached hydrogens (tertiary/aromatic N) is 1. The summed E-state index contributed by atoms with van der Waals surface area (Å²) in [6.45, 7) is 3.95. The molecular weight excluding hydrogens is 398 g/mol. The monoisotopic (exact) mass is 424 g/mol. The van der Waals surface area contributed by atoms with E-state index in [2.05, 4.69) is 5.32 Å². The van der Waals surface area contributed by atoms with Gasteiger partial charge in [0.1, 0.15) is 0 Å². The molecule has 158 valence electrons. The topological polar surface area (TPSA) is 66.5 Å². The van der Waals surface area contributed by atoms with Crippen LogP contribution < -0.4 is 9.62 Å². The third-order valence-corrected chi connectivity index (χ3v) is 5.77. The van der Waals surface area contributed by atoms with Crippen LogP contribution in [0.5, 0.6) is 0 Å². The third-order valence-electron chi connectivity index (χ3n) is 4.58. The van der Waals surface area contributed by atoms with Crippen LogP contribution >= 0.6 is 0 Å². The Kier molecular flexibility index (Phi) is 7.73. The molecule has 2 rings (SSSR count). The summed E-state index contributed by atoms with van der Waals surface area (Å²) >= 11 is 0. The highest BCUT2D eigenvalue weighted by atomic mass is 32.2. The molecule has 0 aliphatic carbocycles. The van der Waals surface area contributed by atoms with Crippen molar-refractivity contribution in [2.75, 3.05) is 17.1 Å². The van der Waals surface area contributed by atoms with Crippen molar-refractivity contribution in [1.82, 2.24) is 5.32 Å². The molecule has 0 spiro atoms. The maximum atomic E-state index is 13.5. The zero-order chi connectivity index (χ0) is 21.6. The molecule has 1 atom stereocenters. The van der Waals surface area contributed by atoms with Gasteiger partial charge in [-0.1, -0.05) is 36.8 Å². The molecule has 1 unspecified atom stereocenters. The van der Waals surface area contributed by atoms with Crippen LogP contribution in [0.25, 0.3) is 0 Å². The van der Waals surface area contributed by atoms with Gasteiger partial charge in [-0.3, -0.25) is 9.10 Å². The maximum absolute atomic E-state index is 13.5. The van der Waals surface area contributed by atoms with Crippen LogP contribution in [-0.2, 0) is 14.8 Å². The van der Waals surface area contributed by atoms with Gasteiger partial charge in [-0.15, -0.1) is 0 Å². The molecule has 2 aromatic carbocycles. The van der Waals surface area contributed by atoms with Crippen molar-refractivity contribution in [2.24, 2.45) is 0 Å². The first-order valence-electron chi connectivity index (χ1n) is 9.40. The first kappa shape index (κ1) is 22.8. The fourth-order valence-corrected chi connectivity index (χ4v) is 3.95. The van der Waals surface area contributed by atoms with Crippen molar-refractivity contribution >= 4 is 21.6 Å². The van der Waals surface area contributed by atoms with E-state index in [0.717, 1.165) is 40.2 Å². The highest BCUT2D eigenvalue weighted by Gasteiger charge is 2.20. The molecule has 0 saturated heterocycles. The average Bonchev–Trinajstić information content (AvgIpc) is 2.65. The Bertz CT molecular complexity index is 947. The molecule has 8 heteroatoms. The van der Waals surface area contributed by atoms with Gasteiger partial charge in [0.05, 0.1) is 18.0 Å². The Labute approximate surface area is 170 Å². The van der Waals surface area contributed by atoms with Gasteiger partial charge in [0.2, 0.25) is 15.9 Å². The van der Waals surface area contributed by atoms with E-state index in [4.69, 9.17) is 0 Å². The number of nitrogens with one attached hydrogen (secondary N) is 1. The lowest BCUT2D eigenvalue weighted by molar-refractivity contribution is -0.121. The zero-order valence-electron chi connectivity index (χ0n) is 16.8. The zero-order valence-corrected chi connectivity index (χ0v) is 17.6. The van der Waals surface area contributed by atoms with Gasteiger partial charge >= 0.3 is 0 Å². The molecule has 1 N–H and O–H groups in total. The van der Waals surface area contributed by atoms with Gasteiger partial charge in [0.25, 0.3) is 0 Å². The number of carbonyl (C=O) groups excluding carboxylic acids is 1. The number of benzene rings is 2. The standard InChI is InChI=1S/C21H26F2N2O3S/c1-4-20(16-9-7-15(2)8-10-16)24-21(26)6-5-13-25(29(3,27)28)17-11-12-18(22)19(23)14-17/h7-12,14,20H,4-6,13H2,1-3H3,(H,24,26). The minimum Gasteiger partial charge on any atom is -0.349 e. The second-order valence-electron chi connectivity index (χ2n) is 6.98. The summed E-state index contributed by atoms with van der Waals surface area (Å²) in [5, 5.41) is 2.95. The van der Waals surface area contributed by atoms with E-state index in [1.807, 2.05) is 38.1 Å². The van der Waals surface area contributed by atoms with E-state index in [1.54, 1.807) is 0 Å². The normalized spacial score (nSPS) is 12.4. The number of amides is 1. The van der Waals surface area contributed by atoms with Crippen LogP contribution in [-0.4, -0.2) is 27.1 Å². The Balaban J connectivity index is 1.98. The molecule has 1 amide bonds. The quantitative estimate of drug-likeness (QED) is 0.659. The number of rotatable bonds is 9. The van der Waals surface area contributed by atoms with Crippen molar-refractivity contribution in [3.63, 3.8) is 0 Å². The summed E-state index contributed by atoms with van der Waals surface area (Å²) in [7, 11) is -3.71. The molecule has 0 heterocycles. The lowest BCUT2D eigenvalue weighted by atomic mass is 10.0. The summed E-state index contributed by atoms with van der Waals surface area (Å²) < 4.78 is 51.7. The summed E-state index contributed by atoms with van der Waals surface area (Å²) in [6, 6.07) is 10.7. The second-order valence-corrected chi connectivity index (χ2v) is 8.88. The van der Waals surface area contributed by atoms with Gasteiger partial charge < -0.3 is 5.32 Å². The van der Waals surface area contributed by atoms with Gasteiger partial charge in [-0.05, 0) is 37.5 Å². The number of carbonyl (C=O) groups is 1. The Morgan fingerprint density at radius 1 is 1.10 bits per heavy atom. The highest BCUT2D eigenvalue weighted by Crippen LogP contribution is 2.21. The Morgan fingerprint density at radius 3 is 2.31 bits per heavy atom. The van der Waals surface area contributed by atoms with E-state index >= 15 is 0 Å². The van der Waals surface area contributed by atoms with Crippen LogP contribution in [0.3, 0.4) is 0 Å². The van der Waals surface area contributed by atoms with Crippen LogP contribution in [0.4, 0.5) is 14.5 Å². The molecule has 0 saturated carbocycles. The number of sulfonamides is 1. The first-order valence-corrected chi connectivity index (χ1v) is 11.3. The maximum Gasteiger partial charge on any atom is 0.232 e. The minimum atomic E-state index is -3.71. The van der Waals surface area contributed by atoms with Crippen molar-refractivity contribution in [3.8, 4) is 0 Å². The first-order chi connectivity index (χ1) is 13.6. The van der Waals surface area contributed by atoms with Gasteiger partial charge in [-0.2, -0.15) is 0 Å². The largest absolute Gasteiger partial charge is 0.349 e. The SMILES string of the molecule is CCC(NC(=O)CCCN(c1ccc(F)c(F)c1)S(C)(=O)=O)c1ccc(C)cc1. The fourth-order valence-electron chi connectivity index (χ4n) is 3.00. The molecule has 0 bridgehead atoms. The number of hydrogen-bond acceptors (Lipinski definition) is 3. The molecule has 0 radical (unpaired) electrons. The summed E-state index contributed by atoms with van der Waals surface area (Å²) in [6.07, 6.45) is 2.05. The molecule has 0 aromatic heterocycles. The van der Waals surface area contributed by atoms with Gasteiger partial charge in [0.15, 0.2) is 11.6 Å². The molecular formula is C21H26F2N2O3S. The van der Waals surface area contributed by atoms with Crippen LogP contribution in [0, 0.1) is 18.6 Å². The number of aryl methyl sites for hydroxylation is 1. The lowest BCUT2D eigenvalue weighted by Crippen LogP contribution is -2.33. The smallest absolute Gasteiger partial charge is 0.232 e. The van der Waals surface area contributed by atoms with Crippen molar-refractivity contribution in [1.29, 1.82) is 0 Å². The van der Waals surface area contributed by atoms with Gasteiger partial charge in [0, 0.05) is 19.0 Å². The average molecular weight is 425 g/mol. The van der Waals surface area contributed by atoms with Crippen LogP contribution in [0.15, 0.2) is 42.5 Å². The van der Waals surface area contributed by atoms with E-state index in [-0.39, 0.29) is 37.0 Å². The summed E-state index contributed by atoms with van der Waals surface area (Å²) in [5.41, 5.74) is 2.16. The lowest BCUT2D eigenvalue weighted by Gasteiger charge is -2.23. The Morgan fingerprint density at radius 2 is 1.76 bits per heavy atom. The number of halogens is 2. The summed E-state index contributed by atoms with van der Waals surface area (Å²) in [4.78, 5) is 12.3. The number of anilines is 1. The number of hydrogen-bond donors (Lipinski definition) is 1. The predicted octanol–water partition coefficient (Wildman–Crippen LogP) is 4.09. The molecule has 29 heavy (non-hydrogen) atoms. The van der Waals surface area contributed by atoms with Gasteiger partial charge in [-0.25, -0.2) is 17.2 Å². The molecule has 0 fully saturated rings. The second kappa shape index (κ2) is 9.82. The van der Waals surface area contributed by atoms with E-state index in [0.29, 0.717) is 0 Å². The van der Waals surface area contributed by atoms with E-state index in [1.165, 1.54) is 6.07 Å². The summed E-state index contributed by atoms with van der Waals surface area (Å²) in [5.74, 6) is -2.38. The minimum absolute atomic E-state index is 0.0152. The van der Waals surface area contributed by atoms with E-state index in [9.17, 15) is 22.0 Å². The van der Waals surface area contributed by atoms with E-state index < -0.39 is 21.7 Å². The molecule has 5 nitrogen and oxygen atoms in total. The van der Waals surface area contributed by atoms with Crippen LogP contribution in [0.1, 0.15) is 43.4 Å². The molecule has 0 aliphatic heterocycles. The fraction of sp³-hybridized carbons (Fsp3) is 0.381. The molecule has 0 aliphatic rings.